The number of aromatic nitrogens is 2. The van der Waals surface area contributed by atoms with Crippen molar-refractivity contribution in [1.29, 1.82) is 0 Å². The minimum atomic E-state index is -1.18. The molecule has 12 nitrogen and oxygen atoms in total. The Hall–Kier alpha value is -3.72. The van der Waals surface area contributed by atoms with Crippen LogP contribution in [-0.2, 0) is 29.3 Å². The minimum absolute atomic E-state index is 0.00607. The molecule has 14 heteroatoms. The van der Waals surface area contributed by atoms with E-state index in [2.05, 4.69) is 54.3 Å². The van der Waals surface area contributed by atoms with Gasteiger partial charge in [-0.15, -0.1) is 0 Å². The van der Waals surface area contributed by atoms with Crippen molar-refractivity contribution >= 4 is 50.3 Å². The average molecular weight is 785 g/mol. The van der Waals surface area contributed by atoms with Gasteiger partial charge in [-0.05, 0) is 65.0 Å². The molecule has 2 saturated heterocycles. The molecule has 5 N–H and O–H groups in total. The van der Waals surface area contributed by atoms with Crippen molar-refractivity contribution in [3.63, 3.8) is 0 Å². The van der Waals surface area contributed by atoms with E-state index in [1.54, 1.807) is 12.1 Å². The number of carboxylic acid groups (broad SMARTS) is 1. The van der Waals surface area contributed by atoms with E-state index in [1.807, 2.05) is 24.4 Å². The number of unbranched alkanes of at least 4 members (excludes halogenated alkanes) is 1. The zero-order chi connectivity index (χ0) is 35.9. The number of carbonyl (C=O) groups is 2. The molecule has 2 aliphatic rings. The van der Waals surface area contributed by atoms with Gasteiger partial charge in [0.25, 0.3) is 0 Å². The number of aliphatic hydroxyl groups is 2. The number of aliphatic hydroxyl groups excluding tert-OH is 2. The molecule has 51 heavy (non-hydrogen) atoms. The lowest BCUT2D eigenvalue weighted by atomic mass is 10.00. The Bertz CT molecular complexity index is 1860. The second kappa shape index (κ2) is 17.2. The number of nitrogens with zero attached hydrogens (tertiary/aromatic N) is 3. The van der Waals surface area contributed by atoms with Crippen LogP contribution in [0.3, 0.4) is 0 Å². The Balaban J connectivity index is 1.16. The third-order valence-electron chi connectivity index (χ3n) is 9.45. The quantitative estimate of drug-likeness (QED) is 0.0960. The van der Waals surface area contributed by atoms with Crippen molar-refractivity contribution in [2.24, 2.45) is 5.92 Å². The number of benzene rings is 3. The summed E-state index contributed by atoms with van der Waals surface area (Å²) in [7, 11) is 0. The Labute approximate surface area is 309 Å². The maximum Gasteiger partial charge on any atom is 0.323 e. The maximum absolute atomic E-state index is 11.7. The molecule has 4 aromatic rings. The number of amides is 1. The van der Waals surface area contributed by atoms with E-state index in [0.717, 1.165) is 77.5 Å². The molecule has 6 rings (SSSR count). The lowest BCUT2D eigenvalue weighted by Crippen LogP contribution is -2.39. The summed E-state index contributed by atoms with van der Waals surface area (Å²) in [4.78, 5) is 25.5. The number of carbonyl (C=O) groups excluding carboxylic acids is 1. The van der Waals surface area contributed by atoms with Crippen molar-refractivity contribution < 1.29 is 34.4 Å². The van der Waals surface area contributed by atoms with Crippen molar-refractivity contribution in [3.8, 4) is 22.6 Å². The third-order valence-corrected chi connectivity index (χ3v) is 10.7. The van der Waals surface area contributed by atoms with E-state index in [4.69, 9.17) is 26.2 Å². The fourth-order valence-corrected chi connectivity index (χ4v) is 7.43. The SMILES string of the molecule is O=C1CC(COc2cc(OCc3cccc(-c4cccc5c4cnn5CCCCN4CC[C@@H](O)C4)c3Br)c(Cl)cc2CN[C@@H](CO)C(=O)O)CN1. The molecular weight excluding hydrogens is 742 g/mol. The van der Waals surface area contributed by atoms with Crippen molar-refractivity contribution in [2.75, 3.05) is 39.4 Å². The van der Waals surface area contributed by atoms with Crippen LogP contribution < -0.4 is 20.1 Å². The van der Waals surface area contributed by atoms with E-state index < -0.39 is 18.6 Å². The Kier molecular flexibility index (Phi) is 12.5. The molecule has 3 atom stereocenters. The summed E-state index contributed by atoms with van der Waals surface area (Å²) in [5.74, 6) is -0.384. The van der Waals surface area contributed by atoms with Gasteiger partial charge in [0.15, 0.2) is 0 Å². The summed E-state index contributed by atoms with van der Waals surface area (Å²) in [5.41, 5.74) is 4.61. The fraction of sp³-hybridized carbons (Fsp3) is 0.432. The van der Waals surface area contributed by atoms with Crippen LogP contribution >= 0.6 is 27.5 Å². The normalized spacial score (nSPS) is 18.3. The molecule has 0 radical (unpaired) electrons. The van der Waals surface area contributed by atoms with Gasteiger partial charge in [0.2, 0.25) is 5.91 Å². The molecule has 0 aliphatic carbocycles. The van der Waals surface area contributed by atoms with Crippen molar-refractivity contribution in [1.82, 2.24) is 25.3 Å². The largest absolute Gasteiger partial charge is 0.493 e. The number of likely N-dealkylation sites (tertiary alicyclic amines) is 1. The highest BCUT2D eigenvalue weighted by Crippen LogP contribution is 2.38. The van der Waals surface area contributed by atoms with Gasteiger partial charge in [0.1, 0.15) is 24.1 Å². The van der Waals surface area contributed by atoms with Gasteiger partial charge in [0.05, 0.1) is 36.1 Å². The van der Waals surface area contributed by atoms with Gasteiger partial charge in [-0.2, -0.15) is 5.10 Å². The summed E-state index contributed by atoms with van der Waals surface area (Å²) in [6.45, 7) is 4.02. The number of β-amino-alcohol motifs (C(OH)–C–C–N with tert-alkyl or cyclic N) is 1. The van der Waals surface area contributed by atoms with Crippen LogP contribution in [0.4, 0.5) is 0 Å². The van der Waals surface area contributed by atoms with Crippen LogP contribution in [-0.4, -0.2) is 93.4 Å². The molecule has 0 saturated carbocycles. The zero-order valence-electron chi connectivity index (χ0n) is 28.2. The molecule has 1 amide bonds. The van der Waals surface area contributed by atoms with E-state index >= 15 is 0 Å². The maximum atomic E-state index is 11.7. The van der Waals surface area contributed by atoms with Gasteiger partial charge >= 0.3 is 5.97 Å². The molecule has 1 aromatic heterocycles. The number of hydrogen-bond donors (Lipinski definition) is 5. The average Bonchev–Trinajstić information content (AvgIpc) is 3.86. The first-order chi connectivity index (χ1) is 24.7. The van der Waals surface area contributed by atoms with E-state index in [0.29, 0.717) is 35.1 Å². The summed E-state index contributed by atoms with van der Waals surface area (Å²) in [6, 6.07) is 14.4. The van der Waals surface area contributed by atoms with Crippen LogP contribution in [0.15, 0.2) is 59.2 Å². The fourth-order valence-electron chi connectivity index (χ4n) is 6.60. The summed E-state index contributed by atoms with van der Waals surface area (Å²) < 4.78 is 15.3. The molecule has 1 unspecified atom stereocenters. The first-order valence-corrected chi connectivity index (χ1v) is 18.4. The van der Waals surface area contributed by atoms with Gasteiger partial charge in [-0.1, -0.05) is 41.9 Å². The van der Waals surface area contributed by atoms with Crippen molar-refractivity contribution in [3.05, 3.63) is 75.4 Å². The van der Waals surface area contributed by atoms with Gasteiger partial charge in [0, 0.05) is 72.1 Å². The van der Waals surface area contributed by atoms with Gasteiger partial charge in [-0.25, -0.2) is 0 Å². The lowest BCUT2D eigenvalue weighted by molar-refractivity contribution is -0.140. The van der Waals surface area contributed by atoms with Crippen molar-refractivity contribution in [2.45, 2.75) is 57.5 Å². The highest BCUT2D eigenvalue weighted by molar-refractivity contribution is 9.10. The smallest absolute Gasteiger partial charge is 0.323 e. The number of ether oxygens (including phenoxy) is 2. The zero-order valence-corrected chi connectivity index (χ0v) is 30.5. The predicted molar refractivity (Wildman–Crippen MR) is 197 cm³/mol. The standard InChI is InChI=1S/C37H43BrClN5O7/c38-36-24(5-3-7-28(36)27-6-4-8-32-29(27)18-42-44(32)11-2-1-10-43-12-9-26(46)19-43)22-51-34-15-33(50-21-23-13-35(47)41-16-23)25(14-30(34)39)17-40-31(20-45)37(48)49/h3-8,14-15,18,23,26,31,40,45-46H,1-2,9-13,16-17,19-22H2,(H,41,47)(H,48,49)/t23?,26-,31+/m1/s1. The molecule has 3 heterocycles. The summed E-state index contributed by atoms with van der Waals surface area (Å²) in [5, 5.41) is 40.3. The first-order valence-electron chi connectivity index (χ1n) is 17.2. The van der Waals surface area contributed by atoms with E-state index in [9.17, 15) is 24.9 Å². The Morgan fingerprint density at radius 2 is 1.90 bits per heavy atom. The molecule has 2 aliphatic heterocycles. The highest BCUT2D eigenvalue weighted by atomic mass is 79.9. The van der Waals surface area contributed by atoms with Crippen LogP contribution in [0.5, 0.6) is 11.5 Å². The number of hydrogen-bond acceptors (Lipinski definition) is 9. The number of halogens is 2. The molecule has 0 spiro atoms. The van der Waals surface area contributed by atoms with E-state index in [-0.39, 0.29) is 37.7 Å². The van der Waals surface area contributed by atoms with Crippen LogP contribution in [0.25, 0.3) is 22.0 Å². The highest BCUT2D eigenvalue weighted by Gasteiger charge is 2.24. The monoisotopic (exact) mass is 783 g/mol. The minimum Gasteiger partial charge on any atom is -0.493 e. The molecule has 0 bridgehead atoms. The third kappa shape index (κ3) is 9.21. The Morgan fingerprint density at radius 3 is 2.65 bits per heavy atom. The number of carboxylic acids is 1. The number of aryl methyl sites for hydroxylation is 1. The Morgan fingerprint density at radius 1 is 1.10 bits per heavy atom. The second-order valence-corrected chi connectivity index (χ2v) is 14.4. The van der Waals surface area contributed by atoms with Crippen LogP contribution in [0.1, 0.15) is 36.8 Å². The lowest BCUT2D eigenvalue weighted by Gasteiger charge is -2.19. The number of rotatable bonds is 17. The molecule has 3 aromatic carbocycles. The predicted octanol–water partition coefficient (Wildman–Crippen LogP) is 4.60. The number of aliphatic carboxylic acids is 1. The number of fused-ring (bicyclic) bond motifs is 1. The first kappa shape index (κ1) is 37.1. The van der Waals surface area contributed by atoms with Gasteiger partial charge < -0.3 is 35.0 Å². The second-order valence-electron chi connectivity index (χ2n) is 13.2. The summed E-state index contributed by atoms with van der Waals surface area (Å²) in [6.07, 6.45) is 5.00. The van der Waals surface area contributed by atoms with Gasteiger partial charge in [-0.3, -0.25) is 19.6 Å². The van der Waals surface area contributed by atoms with Crippen LogP contribution in [0, 0.1) is 5.92 Å². The van der Waals surface area contributed by atoms with E-state index in [1.165, 1.54) is 0 Å². The molecule has 272 valence electrons. The molecular formula is C37H43BrClN5O7. The summed E-state index contributed by atoms with van der Waals surface area (Å²) >= 11 is 10.5. The topological polar surface area (TPSA) is 158 Å². The molecule has 2 fully saturated rings. The number of nitrogens with one attached hydrogen (secondary N) is 2. The van der Waals surface area contributed by atoms with Crippen LogP contribution in [0.2, 0.25) is 5.02 Å².